The summed E-state index contributed by atoms with van der Waals surface area (Å²) in [7, 11) is 0. The van der Waals surface area contributed by atoms with Crippen LogP contribution >= 0.6 is 0 Å². The Bertz CT molecular complexity index is 407. The molecule has 1 aromatic rings. The maximum Gasteiger partial charge on any atom is 0.305 e. The SMILES string of the molecule is C[C@@H](O)CCc1c(F)ccc([N+](=O)[O-])c1F. The number of halogens is 2. The number of hydrogen-bond acceptors (Lipinski definition) is 3. The van der Waals surface area contributed by atoms with Crippen LogP contribution < -0.4 is 0 Å². The standard InChI is InChI=1S/C10H11F2NO3/c1-6(14)2-3-7-8(11)4-5-9(10(7)12)13(15)16/h4-6,14H,2-3H2,1H3/t6-/m1/s1. The zero-order valence-electron chi connectivity index (χ0n) is 8.61. The van der Waals surface area contributed by atoms with E-state index in [0.717, 1.165) is 12.1 Å². The molecular formula is C10H11F2NO3. The Morgan fingerprint density at radius 1 is 1.50 bits per heavy atom. The zero-order chi connectivity index (χ0) is 12.3. The van der Waals surface area contributed by atoms with Crippen LogP contribution in [-0.4, -0.2) is 16.1 Å². The lowest BCUT2D eigenvalue weighted by molar-refractivity contribution is -0.387. The molecule has 88 valence electrons. The van der Waals surface area contributed by atoms with Crippen LogP contribution in [0.2, 0.25) is 0 Å². The lowest BCUT2D eigenvalue weighted by atomic mass is 10.1. The first-order valence-corrected chi connectivity index (χ1v) is 4.72. The highest BCUT2D eigenvalue weighted by Crippen LogP contribution is 2.24. The minimum absolute atomic E-state index is 0.0724. The van der Waals surface area contributed by atoms with E-state index in [9.17, 15) is 18.9 Å². The van der Waals surface area contributed by atoms with Crippen molar-refractivity contribution in [2.45, 2.75) is 25.9 Å². The van der Waals surface area contributed by atoms with Gasteiger partial charge in [0, 0.05) is 11.6 Å². The van der Waals surface area contributed by atoms with Gasteiger partial charge in [-0.1, -0.05) is 0 Å². The molecule has 0 fully saturated rings. The van der Waals surface area contributed by atoms with Gasteiger partial charge in [0.15, 0.2) is 0 Å². The van der Waals surface area contributed by atoms with E-state index in [1.807, 2.05) is 0 Å². The average Bonchev–Trinajstić information content (AvgIpc) is 2.16. The van der Waals surface area contributed by atoms with Crippen LogP contribution in [0, 0.1) is 21.7 Å². The van der Waals surface area contributed by atoms with Gasteiger partial charge in [-0.25, -0.2) is 4.39 Å². The first-order chi connectivity index (χ1) is 7.43. The smallest absolute Gasteiger partial charge is 0.305 e. The highest BCUT2D eigenvalue weighted by molar-refractivity contribution is 5.37. The molecule has 0 amide bonds. The summed E-state index contributed by atoms with van der Waals surface area (Å²) < 4.78 is 26.7. The van der Waals surface area contributed by atoms with Crippen molar-refractivity contribution in [3.05, 3.63) is 39.4 Å². The molecule has 0 heterocycles. The van der Waals surface area contributed by atoms with Crippen LogP contribution in [0.15, 0.2) is 12.1 Å². The summed E-state index contributed by atoms with van der Waals surface area (Å²) in [5.74, 6) is -1.99. The van der Waals surface area contributed by atoms with Gasteiger partial charge in [0.1, 0.15) is 5.82 Å². The van der Waals surface area contributed by atoms with Crippen molar-refractivity contribution >= 4 is 5.69 Å². The summed E-state index contributed by atoms with van der Waals surface area (Å²) in [6.07, 6.45) is -0.635. The quantitative estimate of drug-likeness (QED) is 0.638. The third-order valence-electron chi connectivity index (χ3n) is 2.17. The van der Waals surface area contributed by atoms with E-state index in [2.05, 4.69) is 0 Å². The van der Waals surface area contributed by atoms with E-state index >= 15 is 0 Å². The summed E-state index contributed by atoms with van der Waals surface area (Å²) in [6, 6.07) is 1.65. The maximum absolute atomic E-state index is 13.5. The van der Waals surface area contributed by atoms with Gasteiger partial charge in [0.2, 0.25) is 5.82 Å². The fourth-order valence-corrected chi connectivity index (χ4v) is 1.31. The molecule has 0 saturated heterocycles. The van der Waals surface area contributed by atoms with Gasteiger partial charge < -0.3 is 5.11 Å². The van der Waals surface area contributed by atoms with Crippen LogP contribution in [0.25, 0.3) is 0 Å². The van der Waals surface area contributed by atoms with Crippen molar-refractivity contribution in [1.82, 2.24) is 0 Å². The Morgan fingerprint density at radius 2 is 2.12 bits per heavy atom. The number of benzene rings is 1. The largest absolute Gasteiger partial charge is 0.393 e. The number of aliphatic hydroxyl groups excluding tert-OH is 1. The monoisotopic (exact) mass is 231 g/mol. The van der Waals surface area contributed by atoms with Gasteiger partial charge in [-0.05, 0) is 25.8 Å². The highest BCUT2D eigenvalue weighted by atomic mass is 19.1. The number of rotatable bonds is 4. The molecule has 0 radical (unpaired) electrons. The van der Waals surface area contributed by atoms with Crippen molar-refractivity contribution in [2.75, 3.05) is 0 Å². The molecule has 1 atom stereocenters. The summed E-state index contributed by atoms with van der Waals surface area (Å²) >= 11 is 0. The van der Waals surface area contributed by atoms with Crippen LogP contribution in [-0.2, 0) is 6.42 Å². The number of nitro groups is 1. The molecule has 0 saturated carbocycles. The topological polar surface area (TPSA) is 63.4 Å². The van der Waals surface area contributed by atoms with E-state index in [1.165, 1.54) is 6.92 Å². The molecule has 4 nitrogen and oxygen atoms in total. The minimum Gasteiger partial charge on any atom is -0.393 e. The van der Waals surface area contributed by atoms with Crippen LogP contribution in [0.1, 0.15) is 18.9 Å². The van der Waals surface area contributed by atoms with Gasteiger partial charge in [-0.3, -0.25) is 10.1 Å². The van der Waals surface area contributed by atoms with Crippen molar-refractivity contribution in [3.63, 3.8) is 0 Å². The van der Waals surface area contributed by atoms with Crippen molar-refractivity contribution < 1.29 is 18.8 Å². The molecule has 0 unspecified atom stereocenters. The van der Waals surface area contributed by atoms with Crippen molar-refractivity contribution in [3.8, 4) is 0 Å². The Labute approximate surface area is 90.7 Å². The Morgan fingerprint density at radius 3 is 2.62 bits per heavy atom. The number of aliphatic hydroxyl groups is 1. The summed E-state index contributed by atoms with van der Waals surface area (Å²) in [5, 5.41) is 19.4. The average molecular weight is 231 g/mol. The number of nitrogens with zero attached hydrogens (tertiary/aromatic N) is 1. The fraction of sp³-hybridized carbons (Fsp3) is 0.400. The molecule has 0 aliphatic heterocycles. The Balaban J connectivity index is 3.06. The second kappa shape index (κ2) is 4.98. The number of nitro benzene ring substituents is 1. The molecule has 1 rings (SSSR count). The first-order valence-electron chi connectivity index (χ1n) is 4.72. The molecular weight excluding hydrogens is 220 g/mol. The predicted molar refractivity (Wildman–Crippen MR) is 53.0 cm³/mol. The zero-order valence-corrected chi connectivity index (χ0v) is 8.61. The lowest BCUT2D eigenvalue weighted by Gasteiger charge is -2.06. The van der Waals surface area contributed by atoms with Gasteiger partial charge in [-0.15, -0.1) is 0 Å². The van der Waals surface area contributed by atoms with Crippen molar-refractivity contribution in [2.24, 2.45) is 0 Å². The van der Waals surface area contributed by atoms with Gasteiger partial charge in [-0.2, -0.15) is 4.39 Å². The highest BCUT2D eigenvalue weighted by Gasteiger charge is 2.21. The first kappa shape index (κ1) is 12.5. The molecule has 1 aromatic carbocycles. The second-order valence-electron chi connectivity index (χ2n) is 3.50. The molecule has 0 aliphatic carbocycles. The predicted octanol–water partition coefficient (Wildman–Crippen LogP) is 2.19. The van der Waals surface area contributed by atoms with E-state index in [4.69, 9.17) is 5.11 Å². The third kappa shape index (κ3) is 2.73. The van der Waals surface area contributed by atoms with E-state index in [0.29, 0.717) is 0 Å². The van der Waals surface area contributed by atoms with E-state index in [1.54, 1.807) is 0 Å². The van der Waals surface area contributed by atoms with Crippen LogP contribution in [0.5, 0.6) is 0 Å². The molecule has 0 aliphatic rings. The van der Waals surface area contributed by atoms with E-state index in [-0.39, 0.29) is 18.4 Å². The summed E-state index contributed by atoms with van der Waals surface area (Å²) in [4.78, 5) is 9.52. The van der Waals surface area contributed by atoms with Crippen LogP contribution in [0.4, 0.5) is 14.5 Å². The molecule has 0 aromatic heterocycles. The van der Waals surface area contributed by atoms with Crippen molar-refractivity contribution in [1.29, 1.82) is 0 Å². The van der Waals surface area contributed by atoms with Gasteiger partial charge >= 0.3 is 5.69 Å². The molecule has 0 spiro atoms. The molecule has 6 heteroatoms. The summed E-state index contributed by atoms with van der Waals surface area (Å²) in [5.41, 5.74) is -1.10. The number of hydrogen-bond donors (Lipinski definition) is 1. The fourth-order valence-electron chi connectivity index (χ4n) is 1.31. The Hall–Kier alpha value is -1.56. The molecule has 1 N–H and O–H groups in total. The molecule has 0 bridgehead atoms. The van der Waals surface area contributed by atoms with Gasteiger partial charge in [0.05, 0.1) is 11.0 Å². The third-order valence-corrected chi connectivity index (χ3v) is 2.17. The summed E-state index contributed by atoms with van der Waals surface area (Å²) in [6.45, 7) is 1.48. The minimum atomic E-state index is -1.16. The maximum atomic E-state index is 13.5. The van der Waals surface area contributed by atoms with Gasteiger partial charge in [0.25, 0.3) is 0 Å². The lowest BCUT2D eigenvalue weighted by Crippen LogP contribution is -2.06. The normalized spacial score (nSPS) is 12.5. The second-order valence-corrected chi connectivity index (χ2v) is 3.50. The Kier molecular flexibility index (Phi) is 3.89. The van der Waals surface area contributed by atoms with Crippen LogP contribution in [0.3, 0.4) is 0 Å². The molecule has 16 heavy (non-hydrogen) atoms. The van der Waals surface area contributed by atoms with E-state index < -0.39 is 28.3 Å².